The minimum Gasteiger partial charge on any atom is -0.504 e. The van der Waals surface area contributed by atoms with Crippen LogP contribution in [0.15, 0.2) is 48.6 Å². The summed E-state index contributed by atoms with van der Waals surface area (Å²) in [5, 5.41) is 37.6. The monoisotopic (exact) mass is 440 g/mol. The highest BCUT2D eigenvalue weighted by atomic mass is 16.6. The van der Waals surface area contributed by atoms with Crippen molar-refractivity contribution in [1.29, 1.82) is 0 Å². The number of hydrogen-bond acceptors (Lipinski definition) is 8. The zero-order valence-electron chi connectivity index (χ0n) is 17.2. The van der Waals surface area contributed by atoms with E-state index in [1.54, 1.807) is 12.1 Å². The maximum atomic E-state index is 12.1. The van der Waals surface area contributed by atoms with Crippen LogP contribution in [0.4, 0.5) is 0 Å². The maximum absolute atomic E-state index is 12.1. The second-order valence-corrected chi connectivity index (χ2v) is 7.45. The van der Waals surface area contributed by atoms with Gasteiger partial charge < -0.3 is 29.9 Å². The molecule has 2 aromatic carbocycles. The number of rotatable bonds is 6. The molecular formula is C24H24O8. The van der Waals surface area contributed by atoms with Gasteiger partial charge in [-0.1, -0.05) is 12.1 Å². The summed E-state index contributed by atoms with van der Waals surface area (Å²) in [5.74, 6) is -2.17. The van der Waals surface area contributed by atoms with Crippen molar-refractivity contribution < 1.29 is 39.5 Å². The Morgan fingerprint density at radius 1 is 0.719 bits per heavy atom. The Hall–Kier alpha value is -3.94. The van der Waals surface area contributed by atoms with E-state index in [9.17, 15) is 30.0 Å². The number of esters is 2. The predicted octanol–water partition coefficient (Wildman–Crippen LogP) is 3.63. The molecule has 1 saturated carbocycles. The molecule has 8 nitrogen and oxygen atoms in total. The fourth-order valence-corrected chi connectivity index (χ4v) is 3.34. The molecule has 3 rings (SSSR count). The van der Waals surface area contributed by atoms with E-state index in [0.717, 1.165) is 6.42 Å². The van der Waals surface area contributed by atoms with Gasteiger partial charge >= 0.3 is 11.9 Å². The van der Waals surface area contributed by atoms with Gasteiger partial charge in [-0.2, -0.15) is 0 Å². The first-order valence-electron chi connectivity index (χ1n) is 10.1. The van der Waals surface area contributed by atoms with E-state index in [1.807, 2.05) is 0 Å². The van der Waals surface area contributed by atoms with Crippen LogP contribution in [0.2, 0.25) is 0 Å². The lowest BCUT2D eigenvalue weighted by Crippen LogP contribution is -2.30. The fraction of sp³-hybridized carbons (Fsp3) is 0.250. The summed E-state index contributed by atoms with van der Waals surface area (Å²) in [6.45, 7) is 0. The number of ether oxygens (including phenoxy) is 2. The van der Waals surface area contributed by atoms with Gasteiger partial charge in [0.1, 0.15) is 12.2 Å². The number of carbonyl (C=O) groups excluding carboxylic acids is 2. The summed E-state index contributed by atoms with van der Waals surface area (Å²) in [6, 6.07) is 8.37. The van der Waals surface area contributed by atoms with Crippen molar-refractivity contribution in [2.45, 2.75) is 37.9 Å². The molecule has 2 unspecified atom stereocenters. The van der Waals surface area contributed by atoms with Crippen molar-refractivity contribution in [2.24, 2.45) is 0 Å². The molecule has 0 aliphatic heterocycles. The molecule has 1 aliphatic rings. The van der Waals surface area contributed by atoms with E-state index >= 15 is 0 Å². The second kappa shape index (κ2) is 10.4. The Balaban J connectivity index is 1.48. The Labute approximate surface area is 184 Å². The highest BCUT2D eigenvalue weighted by molar-refractivity contribution is 5.88. The normalized spacial score (nSPS) is 18.6. The molecule has 168 valence electrons. The highest BCUT2D eigenvalue weighted by Crippen LogP contribution is 2.27. The van der Waals surface area contributed by atoms with E-state index in [0.29, 0.717) is 30.4 Å². The van der Waals surface area contributed by atoms with Gasteiger partial charge in [0.25, 0.3) is 0 Å². The molecule has 2 aromatic rings. The lowest BCUT2D eigenvalue weighted by Gasteiger charge is -2.28. The summed E-state index contributed by atoms with van der Waals surface area (Å²) in [4.78, 5) is 24.2. The molecule has 2 atom stereocenters. The molecule has 4 N–H and O–H groups in total. The first kappa shape index (κ1) is 22.7. The fourth-order valence-electron chi connectivity index (χ4n) is 3.34. The molecule has 1 aliphatic carbocycles. The molecule has 0 radical (unpaired) electrons. The molecule has 0 heterocycles. The van der Waals surface area contributed by atoms with Crippen LogP contribution in [0.25, 0.3) is 12.2 Å². The van der Waals surface area contributed by atoms with Gasteiger partial charge in [-0.15, -0.1) is 0 Å². The average Bonchev–Trinajstić information content (AvgIpc) is 2.75. The number of phenolic OH excluding ortho intramolecular Hbond substituents is 4. The van der Waals surface area contributed by atoms with E-state index in [1.165, 1.54) is 48.6 Å². The number of aromatic hydroxyl groups is 4. The largest absolute Gasteiger partial charge is 0.504 e. The third-order valence-corrected chi connectivity index (χ3v) is 4.97. The highest BCUT2D eigenvalue weighted by Gasteiger charge is 2.26. The van der Waals surface area contributed by atoms with Crippen LogP contribution < -0.4 is 0 Å². The molecule has 8 heteroatoms. The summed E-state index contributed by atoms with van der Waals surface area (Å²) in [5.41, 5.74) is 1.06. The van der Waals surface area contributed by atoms with E-state index in [2.05, 4.69) is 0 Å². The van der Waals surface area contributed by atoms with Crippen LogP contribution in [-0.2, 0) is 19.1 Å². The van der Waals surface area contributed by atoms with Crippen LogP contribution in [-0.4, -0.2) is 44.6 Å². The van der Waals surface area contributed by atoms with Gasteiger partial charge in [-0.05, 0) is 66.8 Å². The average molecular weight is 440 g/mol. The van der Waals surface area contributed by atoms with Gasteiger partial charge in [-0.3, -0.25) is 0 Å². The standard InChI is InChI=1S/C24H24O8/c25-19-8-4-15(12-21(19)27)6-10-23(29)31-17-2-1-3-18(14-17)32-24(30)11-7-16-5-9-20(26)22(28)13-16/h4-13,17-18,25-28H,1-3,14H2/b10-6+,11-7+. The molecule has 32 heavy (non-hydrogen) atoms. The van der Waals surface area contributed by atoms with Crippen molar-refractivity contribution >= 4 is 24.1 Å². The molecule has 0 spiro atoms. The minimum atomic E-state index is -0.554. The molecule has 1 fully saturated rings. The molecule has 0 aromatic heterocycles. The lowest BCUT2D eigenvalue weighted by atomic mass is 9.95. The number of benzene rings is 2. The van der Waals surface area contributed by atoms with Crippen LogP contribution in [0, 0.1) is 0 Å². The van der Waals surface area contributed by atoms with Crippen molar-refractivity contribution in [3.63, 3.8) is 0 Å². The summed E-state index contributed by atoms with van der Waals surface area (Å²) >= 11 is 0. The van der Waals surface area contributed by atoms with Crippen LogP contribution in [0.1, 0.15) is 36.8 Å². The van der Waals surface area contributed by atoms with Crippen LogP contribution in [0.5, 0.6) is 23.0 Å². The van der Waals surface area contributed by atoms with Crippen LogP contribution in [0.3, 0.4) is 0 Å². The van der Waals surface area contributed by atoms with Gasteiger partial charge in [0.15, 0.2) is 23.0 Å². The van der Waals surface area contributed by atoms with Crippen molar-refractivity contribution in [1.82, 2.24) is 0 Å². The van der Waals surface area contributed by atoms with Gasteiger partial charge in [-0.25, -0.2) is 9.59 Å². The first-order valence-corrected chi connectivity index (χ1v) is 10.1. The van der Waals surface area contributed by atoms with Crippen molar-refractivity contribution in [3.05, 3.63) is 59.7 Å². The van der Waals surface area contributed by atoms with Crippen molar-refractivity contribution in [3.8, 4) is 23.0 Å². The lowest BCUT2D eigenvalue weighted by molar-refractivity contribution is -0.152. The summed E-state index contributed by atoms with van der Waals surface area (Å²) < 4.78 is 10.9. The van der Waals surface area contributed by atoms with E-state index in [-0.39, 0.29) is 35.2 Å². The summed E-state index contributed by atoms with van der Waals surface area (Å²) in [7, 11) is 0. The van der Waals surface area contributed by atoms with E-state index < -0.39 is 11.9 Å². The number of hydrogen-bond donors (Lipinski definition) is 4. The Kier molecular flexibility index (Phi) is 7.38. The zero-order chi connectivity index (χ0) is 23.1. The SMILES string of the molecule is O=C(/C=C/c1ccc(O)c(O)c1)OC1CCCC(OC(=O)/C=C/c2ccc(O)c(O)c2)C1. The molecule has 0 bridgehead atoms. The molecular weight excluding hydrogens is 416 g/mol. The number of carbonyl (C=O) groups is 2. The van der Waals surface area contributed by atoms with Crippen LogP contribution >= 0.6 is 0 Å². The number of phenols is 4. The first-order chi connectivity index (χ1) is 15.3. The minimum absolute atomic E-state index is 0.247. The predicted molar refractivity (Wildman–Crippen MR) is 116 cm³/mol. The quantitative estimate of drug-likeness (QED) is 0.304. The van der Waals surface area contributed by atoms with Gasteiger partial charge in [0.2, 0.25) is 0 Å². The van der Waals surface area contributed by atoms with Crippen molar-refractivity contribution in [2.75, 3.05) is 0 Å². The third-order valence-electron chi connectivity index (χ3n) is 4.97. The Morgan fingerprint density at radius 3 is 1.56 bits per heavy atom. The Bertz CT molecular complexity index is 959. The van der Waals surface area contributed by atoms with Gasteiger partial charge in [0.05, 0.1) is 0 Å². The smallest absolute Gasteiger partial charge is 0.331 e. The zero-order valence-corrected chi connectivity index (χ0v) is 17.2. The topological polar surface area (TPSA) is 134 Å². The second-order valence-electron chi connectivity index (χ2n) is 7.45. The Morgan fingerprint density at radius 2 is 1.16 bits per heavy atom. The maximum Gasteiger partial charge on any atom is 0.331 e. The molecule has 0 amide bonds. The van der Waals surface area contributed by atoms with Gasteiger partial charge in [0, 0.05) is 18.6 Å². The molecule has 0 saturated heterocycles. The third kappa shape index (κ3) is 6.53. The van der Waals surface area contributed by atoms with E-state index in [4.69, 9.17) is 9.47 Å². The summed E-state index contributed by atoms with van der Waals surface area (Å²) in [6.07, 6.45) is 7.08.